The number of sulfonamides is 1. The van der Waals surface area contributed by atoms with E-state index in [4.69, 9.17) is 4.74 Å². The number of piperidine rings is 1. The Morgan fingerprint density at radius 1 is 1.25 bits per heavy atom. The molecule has 0 unspecified atom stereocenters. The third-order valence-electron chi connectivity index (χ3n) is 4.90. The summed E-state index contributed by atoms with van der Waals surface area (Å²) < 4.78 is 32.3. The molecule has 5 nitrogen and oxygen atoms in total. The van der Waals surface area contributed by atoms with E-state index in [2.05, 4.69) is 18.7 Å². The molecule has 0 aromatic rings. The van der Waals surface area contributed by atoms with E-state index in [0.717, 1.165) is 25.9 Å². The van der Waals surface area contributed by atoms with Crippen LogP contribution < -0.4 is 0 Å². The van der Waals surface area contributed by atoms with Crippen LogP contribution in [-0.2, 0) is 14.8 Å². The largest absolute Gasteiger partial charge is 0.381 e. The minimum absolute atomic E-state index is 0.153. The molecule has 2 aliphatic rings. The van der Waals surface area contributed by atoms with E-state index in [1.807, 2.05) is 0 Å². The fourth-order valence-corrected chi connectivity index (χ4v) is 5.28. The molecule has 0 bridgehead atoms. The molecule has 2 rings (SSSR count). The van der Waals surface area contributed by atoms with Crippen LogP contribution in [0.5, 0.6) is 0 Å². The zero-order chi connectivity index (χ0) is 14.8. The van der Waals surface area contributed by atoms with Crippen LogP contribution in [0.1, 0.15) is 39.5 Å². The number of rotatable bonds is 4. The summed E-state index contributed by atoms with van der Waals surface area (Å²) in [6.45, 7) is 7.55. The Kier molecular flexibility index (Phi) is 5.45. The first-order valence-electron chi connectivity index (χ1n) is 7.75. The molecule has 0 spiro atoms. The Hall–Kier alpha value is -0.170. The average Bonchev–Trinajstić information content (AvgIpc) is 2.47. The van der Waals surface area contributed by atoms with Gasteiger partial charge in [0.1, 0.15) is 0 Å². The first kappa shape index (κ1) is 16.2. The van der Waals surface area contributed by atoms with Crippen LogP contribution in [-0.4, -0.2) is 68.3 Å². The van der Waals surface area contributed by atoms with Crippen molar-refractivity contribution in [3.05, 3.63) is 0 Å². The first-order valence-corrected chi connectivity index (χ1v) is 9.25. The average molecular weight is 304 g/mol. The quantitative estimate of drug-likeness (QED) is 0.785. The second-order valence-corrected chi connectivity index (χ2v) is 8.30. The molecule has 118 valence electrons. The predicted molar refractivity (Wildman–Crippen MR) is 80.3 cm³/mol. The highest BCUT2D eigenvalue weighted by Gasteiger charge is 2.37. The lowest BCUT2D eigenvalue weighted by atomic mass is 9.99. The van der Waals surface area contributed by atoms with Crippen LogP contribution >= 0.6 is 0 Å². The topological polar surface area (TPSA) is 49.9 Å². The van der Waals surface area contributed by atoms with Gasteiger partial charge in [-0.25, -0.2) is 12.7 Å². The van der Waals surface area contributed by atoms with Gasteiger partial charge in [0.2, 0.25) is 10.0 Å². The van der Waals surface area contributed by atoms with Crippen molar-refractivity contribution in [3.63, 3.8) is 0 Å². The van der Waals surface area contributed by atoms with Crippen molar-refractivity contribution >= 4 is 10.0 Å². The van der Waals surface area contributed by atoms with Gasteiger partial charge in [-0.15, -0.1) is 0 Å². The number of hydrogen-bond acceptors (Lipinski definition) is 4. The van der Waals surface area contributed by atoms with Crippen molar-refractivity contribution in [2.75, 3.05) is 33.4 Å². The van der Waals surface area contributed by atoms with Crippen LogP contribution in [0.25, 0.3) is 0 Å². The summed E-state index contributed by atoms with van der Waals surface area (Å²) in [7, 11) is -1.41. The SMILES string of the molecule is CCN1CC[C@H](N(C)S(=O)(=O)C2CCOCC2)C[C@@H]1C. The molecule has 6 heteroatoms. The Morgan fingerprint density at radius 2 is 1.90 bits per heavy atom. The summed E-state index contributed by atoms with van der Waals surface area (Å²) in [5.41, 5.74) is 0. The highest BCUT2D eigenvalue weighted by Crippen LogP contribution is 2.26. The lowest BCUT2D eigenvalue weighted by molar-refractivity contribution is 0.0945. The van der Waals surface area contributed by atoms with Crippen molar-refractivity contribution in [1.82, 2.24) is 9.21 Å². The fourth-order valence-electron chi connectivity index (χ4n) is 3.41. The van der Waals surface area contributed by atoms with Crippen molar-refractivity contribution in [2.45, 2.75) is 56.9 Å². The standard InChI is InChI=1S/C14H28N2O3S/c1-4-16-8-5-13(11-12(16)2)15(3)20(17,18)14-6-9-19-10-7-14/h12-14H,4-11H2,1-3H3/t12-,13-/m0/s1. The van der Waals surface area contributed by atoms with Gasteiger partial charge in [0.05, 0.1) is 5.25 Å². The smallest absolute Gasteiger partial charge is 0.217 e. The number of nitrogens with zero attached hydrogens (tertiary/aromatic N) is 2. The molecule has 0 aliphatic carbocycles. The minimum atomic E-state index is -3.17. The molecular weight excluding hydrogens is 276 g/mol. The van der Waals surface area contributed by atoms with E-state index in [1.165, 1.54) is 0 Å². The third kappa shape index (κ3) is 3.35. The molecule has 2 fully saturated rings. The van der Waals surface area contributed by atoms with E-state index >= 15 is 0 Å². The first-order chi connectivity index (χ1) is 9.46. The Labute approximate surface area is 123 Å². The second kappa shape index (κ2) is 6.73. The Balaban J connectivity index is 2.01. The van der Waals surface area contributed by atoms with E-state index in [0.29, 0.717) is 32.1 Å². The van der Waals surface area contributed by atoms with Crippen molar-refractivity contribution < 1.29 is 13.2 Å². The lowest BCUT2D eigenvalue weighted by Gasteiger charge is -2.41. The van der Waals surface area contributed by atoms with Gasteiger partial charge in [0.15, 0.2) is 0 Å². The Bertz CT molecular complexity index is 407. The maximum absolute atomic E-state index is 12.7. The van der Waals surface area contributed by atoms with Crippen molar-refractivity contribution in [1.29, 1.82) is 0 Å². The van der Waals surface area contributed by atoms with Gasteiger partial charge >= 0.3 is 0 Å². The summed E-state index contributed by atoms with van der Waals surface area (Å²) in [5, 5.41) is -0.249. The summed E-state index contributed by atoms with van der Waals surface area (Å²) in [5.74, 6) is 0. The highest BCUT2D eigenvalue weighted by atomic mass is 32.2. The van der Waals surface area contributed by atoms with Crippen LogP contribution in [0.4, 0.5) is 0 Å². The van der Waals surface area contributed by atoms with Gasteiger partial charge in [0, 0.05) is 32.3 Å². The van der Waals surface area contributed by atoms with E-state index in [1.54, 1.807) is 11.4 Å². The monoisotopic (exact) mass is 304 g/mol. The number of ether oxygens (including phenoxy) is 1. The molecule has 0 N–H and O–H groups in total. The van der Waals surface area contributed by atoms with Gasteiger partial charge in [-0.05, 0) is 45.7 Å². The van der Waals surface area contributed by atoms with Crippen LogP contribution in [0, 0.1) is 0 Å². The maximum atomic E-state index is 12.7. The van der Waals surface area contributed by atoms with E-state index in [-0.39, 0.29) is 11.3 Å². The third-order valence-corrected chi connectivity index (χ3v) is 7.31. The number of likely N-dealkylation sites (tertiary alicyclic amines) is 1. The second-order valence-electron chi connectivity index (χ2n) is 6.03. The van der Waals surface area contributed by atoms with Crippen LogP contribution in [0.15, 0.2) is 0 Å². The van der Waals surface area contributed by atoms with E-state index < -0.39 is 10.0 Å². The molecule has 0 aromatic heterocycles. The molecule has 2 saturated heterocycles. The minimum Gasteiger partial charge on any atom is -0.381 e. The number of hydrogen-bond donors (Lipinski definition) is 0. The van der Waals surface area contributed by atoms with Crippen LogP contribution in [0.3, 0.4) is 0 Å². The zero-order valence-electron chi connectivity index (χ0n) is 12.9. The summed E-state index contributed by atoms with van der Waals surface area (Å²) >= 11 is 0. The molecule has 2 atom stereocenters. The molecule has 0 radical (unpaired) electrons. The molecule has 20 heavy (non-hydrogen) atoms. The van der Waals surface area contributed by atoms with Crippen molar-refractivity contribution in [2.24, 2.45) is 0 Å². The zero-order valence-corrected chi connectivity index (χ0v) is 13.7. The lowest BCUT2D eigenvalue weighted by Crippen LogP contribution is -2.51. The predicted octanol–water partition coefficient (Wildman–Crippen LogP) is 1.30. The van der Waals surface area contributed by atoms with E-state index in [9.17, 15) is 8.42 Å². The van der Waals surface area contributed by atoms with Crippen molar-refractivity contribution in [3.8, 4) is 0 Å². The van der Waals surface area contributed by atoms with Gasteiger partial charge in [-0.2, -0.15) is 0 Å². The highest BCUT2D eigenvalue weighted by molar-refractivity contribution is 7.89. The molecule has 2 heterocycles. The molecule has 0 saturated carbocycles. The summed E-state index contributed by atoms with van der Waals surface area (Å²) in [6, 6.07) is 0.617. The van der Waals surface area contributed by atoms with Gasteiger partial charge in [-0.1, -0.05) is 6.92 Å². The summed E-state index contributed by atoms with van der Waals surface area (Å²) in [4.78, 5) is 2.42. The molecule has 0 aromatic carbocycles. The van der Waals surface area contributed by atoms with Gasteiger partial charge < -0.3 is 9.64 Å². The van der Waals surface area contributed by atoms with Gasteiger partial charge in [-0.3, -0.25) is 0 Å². The Morgan fingerprint density at radius 3 is 2.45 bits per heavy atom. The van der Waals surface area contributed by atoms with Gasteiger partial charge in [0.25, 0.3) is 0 Å². The molecule has 2 aliphatic heterocycles. The van der Waals surface area contributed by atoms with Crippen LogP contribution in [0.2, 0.25) is 0 Å². The maximum Gasteiger partial charge on any atom is 0.217 e. The molecular formula is C14H28N2O3S. The molecule has 0 amide bonds. The summed E-state index contributed by atoms with van der Waals surface area (Å²) in [6.07, 6.45) is 3.15. The normalized spacial score (nSPS) is 30.8. The fraction of sp³-hybridized carbons (Fsp3) is 1.00.